The van der Waals surface area contributed by atoms with Crippen molar-refractivity contribution in [2.45, 2.75) is 32.5 Å². The summed E-state index contributed by atoms with van der Waals surface area (Å²) >= 11 is 0. The molecule has 4 aromatic carbocycles. The fourth-order valence-corrected chi connectivity index (χ4v) is 5.49. The highest BCUT2D eigenvalue weighted by molar-refractivity contribution is 6.04. The number of rotatable bonds is 11. The predicted octanol–water partition coefficient (Wildman–Crippen LogP) is 6.48. The SMILES string of the molecule is COc1ccc(NC(=O)Nc2cccc3c2O[C@@H](CN(C)Cc2ccc(Oc4ccccc4)cc2)[C@H](C)CN([C@H](C)CO)C3=O)cc1. The first-order valence-electron chi connectivity index (χ1n) is 15.7. The molecule has 0 unspecified atom stereocenters. The van der Waals surface area contributed by atoms with Crippen LogP contribution in [-0.4, -0.2) is 72.8 Å². The number of benzene rings is 4. The quantitative estimate of drug-likeness (QED) is 0.172. The number of hydrogen-bond donors (Lipinski definition) is 3. The molecule has 47 heavy (non-hydrogen) atoms. The predicted molar refractivity (Wildman–Crippen MR) is 183 cm³/mol. The van der Waals surface area contributed by atoms with Crippen LogP contribution in [0.3, 0.4) is 0 Å². The van der Waals surface area contributed by atoms with Gasteiger partial charge in [-0.05, 0) is 80.2 Å². The molecule has 246 valence electrons. The van der Waals surface area contributed by atoms with Crippen molar-refractivity contribution in [1.29, 1.82) is 0 Å². The minimum Gasteiger partial charge on any atom is -0.497 e. The molecule has 1 heterocycles. The van der Waals surface area contributed by atoms with Crippen molar-refractivity contribution >= 4 is 23.3 Å². The number of amides is 3. The minimum absolute atomic E-state index is 0.0913. The third kappa shape index (κ3) is 8.60. The Labute approximate surface area is 275 Å². The van der Waals surface area contributed by atoms with E-state index in [-0.39, 0.29) is 24.5 Å². The number of nitrogens with zero attached hydrogens (tertiary/aromatic N) is 2. The normalized spacial score (nSPS) is 16.7. The molecule has 10 nitrogen and oxygen atoms in total. The Kier molecular flexibility index (Phi) is 11.0. The van der Waals surface area contributed by atoms with Crippen LogP contribution in [0.2, 0.25) is 0 Å². The van der Waals surface area contributed by atoms with Gasteiger partial charge in [-0.3, -0.25) is 9.69 Å². The number of carbonyl (C=O) groups excluding carboxylic acids is 2. The molecule has 0 saturated heterocycles. The van der Waals surface area contributed by atoms with Gasteiger partial charge in [0.1, 0.15) is 23.4 Å². The van der Waals surface area contributed by atoms with E-state index in [0.717, 1.165) is 17.1 Å². The lowest BCUT2D eigenvalue weighted by atomic mass is 9.99. The first kappa shape index (κ1) is 33.3. The number of carbonyl (C=O) groups is 2. The number of methoxy groups -OCH3 is 1. The summed E-state index contributed by atoms with van der Waals surface area (Å²) in [4.78, 5) is 30.7. The topological polar surface area (TPSA) is 113 Å². The maximum Gasteiger partial charge on any atom is 0.323 e. The van der Waals surface area contributed by atoms with Crippen LogP contribution in [0.1, 0.15) is 29.8 Å². The molecule has 0 aromatic heterocycles. The van der Waals surface area contributed by atoms with E-state index in [1.807, 2.05) is 75.5 Å². The molecule has 0 saturated carbocycles. The zero-order chi connectivity index (χ0) is 33.3. The number of aliphatic hydroxyl groups excluding tert-OH is 1. The van der Waals surface area contributed by atoms with E-state index in [1.165, 1.54) is 0 Å². The van der Waals surface area contributed by atoms with Crippen molar-refractivity contribution in [2.24, 2.45) is 5.92 Å². The van der Waals surface area contributed by atoms with Crippen molar-refractivity contribution in [1.82, 2.24) is 9.80 Å². The van der Waals surface area contributed by atoms with Crippen LogP contribution >= 0.6 is 0 Å². The number of fused-ring (bicyclic) bond motifs is 1. The van der Waals surface area contributed by atoms with Crippen LogP contribution in [-0.2, 0) is 6.54 Å². The molecule has 1 aliphatic heterocycles. The second-order valence-corrected chi connectivity index (χ2v) is 11.9. The van der Waals surface area contributed by atoms with Crippen molar-refractivity contribution in [3.8, 4) is 23.0 Å². The first-order valence-corrected chi connectivity index (χ1v) is 15.7. The van der Waals surface area contributed by atoms with E-state index in [1.54, 1.807) is 54.5 Å². The largest absolute Gasteiger partial charge is 0.497 e. The Balaban J connectivity index is 1.34. The van der Waals surface area contributed by atoms with Crippen molar-refractivity contribution in [3.05, 3.63) is 108 Å². The highest BCUT2D eigenvalue weighted by Crippen LogP contribution is 2.35. The lowest BCUT2D eigenvalue weighted by Crippen LogP contribution is -2.49. The van der Waals surface area contributed by atoms with Gasteiger partial charge in [-0.25, -0.2) is 4.79 Å². The second kappa shape index (κ2) is 15.5. The van der Waals surface area contributed by atoms with E-state index in [9.17, 15) is 14.7 Å². The van der Waals surface area contributed by atoms with Crippen molar-refractivity contribution in [2.75, 3.05) is 44.5 Å². The van der Waals surface area contributed by atoms with Gasteiger partial charge in [-0.2, -0.15) is 0 Å². The molecule has 10 heteroatoms. The lowest BCUT2D eigenvalue weighted by Gasteiger charge is -2.38. The molecule has 0 aliphatic carbocycles. The molecular formula is C37H42N4O6. The Morgan fingerprint density at radius 1 is 0.957 bits per heavy atom. The van der Waals surface area contributed by atoms with E-state index < -0.39 is 12.1 Å². The van der Waals surface area contributed by atoms with Crippen LogP contribution in [0.4, 0.5) is 16.2 Å². The average molecular weight is 639 g/mol. The number of hydrogen-bond acceptors (Lipinski definition) is 7. The van der Waals surface area contributed by atoms with Crippen LogP contribution in [0, 0.1) is 5.92 Å². The van der Waals surface area contributed by atoms with E-state index in [2.05, 4.69) is 15.5 Å². The molecule has 5 rings (SSSR count). The molecule has 4 aromatic rings. The average Bonchev–Trinajstić information content (AvgIpc) is 3.08. The van der Waals surface area contributed by atoms with Crippen LogP contribution in [0.15, 0.2) is 97.1 Å². The highest BCUT2D eigenvalue weighted by Gasteiger charge is 2.34. The number of likely N-dealkylation sites (N-methyl/N-ethyl adjacent to an activating group) is 1. The summed E-state index contributed by atoms with van der Waals surface area (Å²) in [5.74, 6) is 2.15. The zero-order valence-corrected chi connectivity index (χ0v) is 27.2. The molecule has 1 aliphatic rings. The molecular weight excluding hydrogens is 596 g/mol. The minimum atomic E-state index is -0.483. The van der Waals surface area contributed by atoms with Crippen LogP contribution < -0.4 is 24.8 Å². The van der Waals surface area contributed by atoms with Gasteiger partial charge in [0, 0.05) is 31.2 Å². The first-order chi connectivity index (χ1) is 22.7. The van der Waals surface area contributed by atoms with Gasteiger partial charge in [0.25, 0.3) is 5.91 Å². The Hall–Kier alpha value is -5.06. The van der Waals surface area contributed by atoms with Gasteiger partial charge in [0.05, 0.1) is 31.0 Å². The number of aliphatic hydroxyl groups is 1. The number of para-hydroxylation sites is 2. The van der Waals surface area contributed by atoms with Crippen molar-refractivity contribution in [3.63, 3.8) is 0 Å². The summed E-state index contributed by atoms with van der Waals surface area (Å²) in [6.45, 7) is 5.29. The summed E-state index contributed by atoms with van der Waals surface area (Å²) in [7, 11) is 3.60. The summed E-state index contributed by atoms with van der Waals surface area (Å²) < 4.78 is 17.8. The maximum absolute atomic E-state index is 13.8. The van der Waals surface area contributed by atoms with E-state index in [0.29, 0.717) is 48.1 Å². The zero-order valence-electron chi connectivity index (χ0n) is 27.2. The highest BCUT2D eigenvalue weighted by atomic mass is 16.5. The molecule has 0 bridgehead atoms. The fourth-order valence-electron chi connectivity index (χ4n) is 5.49. The fraction of sp³-hybridized carbons (Fsp3) is 0.297. The van der Waals surface area contributed by atoms with E-state index >= 15 is 0 Å². The van der Waals surface area contributed by atoms with Gasteiger partial charge in [-0.15, -0.1) is 0 Å². The number of anilines is 2. The summed E-state index contributed by atoms with van der Waals surface area (Å²) in [5.41, 5.74) is 2.38. The summed E-state index contributed by atoms with van der Waals surface area (Å²) in [5, 5.41) is 15.7. The molecule has 0 fully saturated rings. The van der Waals surface area contributed by atoms with Gasteiger partial charge in [0.15, 0.2) is 5.75 Å². The standard InChI is InChI=1S/C37H42N4O6/c1-25-21-41(26(2)24-42)36(43)32-11-8-12-33(39-37(44)38-28-15-19-29(45-4)20-16-28)35(32)47-34(25)23-40(3)22-27-13-17-31(18-14-27)46-30-9-6-5-7-10-30/h5-20,25-26,34,42H,21-24H2,1-4H3,(H2,38,39,44)/t25-,26-,34+/m1/s1. The Morgan fingerprint density at radius 2 is 1.64 bits per heavy atom. The number of urea groups is 1. The molecule has 0 radical (unpaired) electrons. The third-order valence-electron chi connectivity index (χ3n) is 8.13. The van der Waals surface area contributed by atoms with Gasteiger partial charge >= 0.3 is 6.03 Å². The Morgan fingerprint density at radius 3 is 2.32 bits per heavy atom. The van der Waals surface area contributed by atoms with Crippen LogP contribution in [0.5, 0.6) is 23.0 Å². The third-order valence-corrected chi connectivity index (χ3v) is 8.13. The van der Waals surface area contributed by atoms with Gasteiger partial charge in [-0.1, -0.05) is 43.3 Å². The summed E-state index contributed by atoms with van der Waals surface area (Å²) in [6, 6.07) is 28.9. The lowest BCUT2D eigenvalue weighted by molar-refractivity contribution is 0.0343. The smallest absolute Gasteiger partial charge is 0.323 e. The van der Waals surface area contributed by atoms with Gasteiger partial charge in [0.2, 0.25) is 0 Å². The number of nitrogens with one attached hydrogen (secondary N) is 2. The second-order valence-electron chi connectivity index (χ2n) is 11.9. The monoisotopic (exact) mass is 638 g/mol. The molecule has 3 N–H and O–H groups in total. The maximum atomic E-state index is 13.8. The summed E-state index contributed by atoms with van der Waals surface area (Å²) in [6.07, 6.45) is -0.339. The molecule has 3 atom stereocenters. The molecule has 3 amide bonds. The number of ether oxygens (including phenoxy) is 3. The molecule has 0 spiro atoms. The van der Waals surface area contributed by atoms with Crippen LogP contribution in [0.25, 0.3) is 0 Å². The van der Waals surface area contributed by atoms with E-state index in [4.69, 9.17) is 14.2 Å². The Bertz CT molecular complexity index is 1630. The van der Waals surface area contributed by atoms with Gasteiger partial charge < -0.3 is 34.9 Å². The van der Waals surface area contributed by atoms with Crippen molar-refractivity contribution < 1.29 is 28.9 Å².